The molecule has 2 aromatic heterocycles. The lowest BCUT2D eigenvalue weighted by molar-refractivity contribution is -0.146. The van der Waals surface area contributed by atoms with Crippen LogP contribution in [0.1, 0.15) is 188 Å². The van der Waals surface area contributed by atoms with Gasteiger partial charge in [0, 0.05) is 38.3 Å². The van der Waals surface area contributed by atoms with Crippen LogP contribution >= 0.6 is 23.2 Å². The number of halogens is 2. The Morgan fingerprint density at radius 1 is 0.500 bits per heavy atom. The molecule has 0 saturated heterocycles. The molecule has 0 saturated carbocycles. The second-order valence-corrected chi connectivity index (χ2v) is 22.4. The van der Waals surface area contributed by atoms with Crippen LogP contribution in [0.2, 0.25) is 10.3 Å². The Labute approximate surface area is 556 Å². The highest BCUT2D eigenvalue weighted by Crippen LogP contribution is 2.28. The number of phenols is 2. The van der Waals surface area contributed by atoms with E-state index in [4.69, 9.17) is 78.0 Å². The minimum atomic E-state index is -1.23. The van der Waals surface area contributed by atoms with Crippen LogP contribution in [0.15, 0.2) is 46.4 Å². The number of carbonyl (C=O) groups excluding carboxylic acids is 4. The normalized spacial score (nSPS) is 13.1. The van der Waals surface area contributed by atoms with E-state index < -0.39 is 48.2 Å². The molecule has 0 aliphatic carbocycles. The number of nitrogens with zero attached hydrogens (tertiary/aromatic N) is 6. The topological polar surface area (TPSA) is 569 Å². The first-order valence-corrected chi connectivity index (χ1v) is 31.4. The number of aliphatic imine (C=N–C) groups is 2. The fourth-order valence-electron chi connectivity index (χ4n) is 8.24. The second kappa shape index (κ2) is 47.4. The minimum Gasteiger partial charge on any atom is -0.506 e. The van der Waals surface area contributed by atoms with Gasteiger partial charge in [0.25, 0.3) is 11.8 Å². The number of carboxylic acids is 2. The highest BCUT2D eigenvalue weighted by molar-refractivity contribution is 6.32. The Hall–Kier alpha value is -8.50. The Morgan fingerprint density at radius 3 is 1.10 bits per heavy atom. The molecule has 34 heteroatoms. The lowest BCUT2D eigenvalue weighted by atomic mass is 10.0. The lowest BCUT2D eigenvalue weighted by Gasteiger charge is -2.18. The van der Waals surface area contributed by atoms with Crippen molar-refractivity contribution in [2.45, 2.75) is 180 Å². The van der Waals surface area contributed by atoms with Crippen molar-refractivity contribution in [2.24, 2.45) is 21.5 Å². The number of rotatable bonds is 38. The number of anilines is 6. The van der Waals surface area contributed by atoms with Gasteiger partial charge in [0.1, 0.15) is 23.7 Å². The second-order valence-electron chi connectivity index (χ2n) is 21.7. The number of nitrogens with two attached hydrogens (primary N) is 6. The number of hydrogen-bond donors (Lipinski definition) is 20. The summed E-state index contributed by atoms with van der Waals surface area (Å²) in [5.74, 6) is -4.22. The van der Waals surface area contributed by atoms with Gasteiger partial charge in [-0.1, -0.05) is 125 Å². The quantitative estimate of drug-likeness (QED) is 0.00960. The Morgan fingerprint density at radius 2 is 0.798 bits per heavy atom. The van der Waals surface area contributed by atoms with Crippen LogP contribution in [0.5, 0.6) is 11.5 Å². The standard InChI is InChI=1S/2C27H42ClN9O4.2C3H6O3/c2*1-17(33-15-21(40)18-11-12-20(39)19(14-18)34-16-38)10-8-6-4-2-3-5-7-9-13-32-27(31)37-26(41)22-24(29)36-25(30)23(28)35-22;2*1-2(4)3(5)6/h2*11-12,14,16-17,21,33,39-40H,2-10,13,15H2,1H3,(H,34,38)(H4,29,30,36)(H3,31,32,37,41);2*2,4H,1H3,(H,5,6)/t17-,21+;17-,21-;2*2-/m1000/s1. The van der Waals surface area contributed by atoms with E-state index in [1.165, 1.54) is 51.7 Å². The molecule has 0 fully saturated rings. The number of aliphatic hydroxyl groups excluding tert-OH is 4. The number of amides is 4. The number of aliphatic carboxylic acids is 2. The number of nitrogen functional groups attached to an aromatic ring is 4. The Bertz CT molecular complexity index is 2830. The SMILES string of the molecule is C[C@@H](CCCCCCCCCCN=C(N)NC(=O)c1nc(Cl)c(N)nc1N)NC[C@H](O)c1ccc(O)c(NC=O)c1.C[C@H](CCCCCCCCCCN=C(N)NC(=O)c1nc(Cl)c(N)nc1N)NC[C@H](O)c1ccc(O)c(NC=O)c1.C[C@H](O)C(=O)O.C[C@H](O)C(=O)O. The summed E-state index contributed by atoms with van der Waals surface area (Å²) in [6.07, 6.45) is 16.6. The lowest BCUT2D eigenvalue weighted by Crippen LogP contribution is -2.38. The highest BCUT2D eigenvalue weighted by atomic mass is 35.5. The molecule has 4 aromatic rings. The first-order valence-electron chi connectivity index (χ1n) is 30.6. The van der Waals surface area contributed by atoms with Crippen LogP contribution in [-0.4, -0.2) is 160 Å². The van der Waals surface area contributed by atoms with Gasteiger partial charge >= 0.3 is 11.9 Å². The van der Waals surface area contributed by atoms with Gasteiger partial charge in [0.05, 0.1) is 23.6 Å². The zero-order chi connectivity index (χ0) is 70.7. The molecule has 4 rings (SSSR count). The van der Waals surface area contributed by atoms with E-state index in [0.29, 0.717) is 50.1 Å². The molecule has 4 amide bonds. The first-order chi connectivity index (χ1) is 44.5. The third-order valence-corrected chi connectivity index (χ3v) is 14.2. The van der Waals surface area contributed by atoms with Gasteiger partial charge in [-0.15, -0.1) is 0 Å². The van der Waals surface area contributed by atoms with E-state index in [2.05, 4.69) is 75.7 Å². The molecule has 6 atom stereocenters. The smallest absolute Gasteiger partial charge is 0.332 e. The number of guanidine groups is 2. The van der Waals surface area contributed by atoms with Crippen molar-refractivity contribution >= 4 is 106 Å². The van der Waals surface area contributed by atoms with Gasteiger partial charge < -0.3 is 96.5 Å². The van der Waals surface area contributed by atoms with Crippen LogP contribution in [0.25, 0.3) is 0 Å². The van der Waals surface area contributed by atoms with Crippen molar-refractivity contribution in [3.8, 4) is 11.5 Å². The summed E-state index contributed by atoms with van der Waals surface area (Å²) in [4.78, 5) is 88.1. The number of phenolic OH excluding ortho intramolecular Hbond substituents is 2. The molecule has 0 bridgehead atoms. The number of aliphatic hydroxyl groups is 4. The van der Waals surface area contributed by atoms with Gasteiger partial charge in [-0.25, -0.2) is 29.5 Å². The third kappa shape index (κ3) is 36.1. The van der Waals surface area contributed by atoms with Gasteiger partial charge in [-0.2, -0.15) is 0 Å². The number of nitrogens with one attached hydrogen (secondary N) is 6. The van der Waals surface area contributed by atoms with Gasteiger partial charge in [0.2, 0.25) is 12.8 Å². The predicted octanol–water partition coefficient (Wildman–Crippen LogP) is 4.57. The summed E-state index contributed by atoms with van der Waals surface area (Å²) in [7, 11) is 0. The highest BCUT2D eigenvalue weighted by Gasteiger charge is 2.19. The first kappa shape index (κ1) is 83.5. The molecule has 524 valence electrons. The van der Waals surface area contributed by atoms with Crippen molar-refractivity contribution in [2.75, 3.05) is 59.7 Å². The minimum absolute atomic E-state index is 0.0243. The molecule has 0 unspecified atom stereocenters. The summed E-state index contributed by atoms with van der Waals surface area (Å²) < 4.78 is 0. The van der Waals surface area contributed by atoms with Crippen LogP contribution in [0.3, 0.4) is 0 Å². The van der Waals surface area contributed by atoms with E-state index in [-0.39, 0.29) is 91.8 Å². The largest absolute Gasteiger partial charge is 0.506 e. The maximum atomic E-state index is 12.2. The van der Waals surface area contributed by atoms with Gasteiger partial charge in [-0.05, 0) is 88.8 Å². The van der Waals surface area contributed by atoms with Crippen LogP contribution in [0.4, 0.5) is 34.6 Å². The monoisotopic (exact) mass is 1360 g/mol. The van der Waals surface area contributed by atoms with Crippen molar-refractivity contribution in [3.63, 3.8) is 0 Å². The molecule has 0 aliphatic rings. The number of aromatic hydroxyl groups is 2. The summed E-state index contributed by atoms with van der Waals surface area (Å²) >= 11 is 11.6. The molecule has 32 nitrogen and oxygen atoms in total. The van der Waals surface area contributed by atoms with Crippen molar-refractivity contribution in [3.05, 3.63) is 69.2 Å². The molecule has 26 N–H and O–H groups in total. The number of carbonyl (C=O) groups is 6. The Kier molecular flexibility index (Phi) is 42.1. The fourth-order valence-corrected chi connectivity index (χ4v) is 8.49. The number of hydrogen-bond acceptors (Lipinski definition) is 24. The van der Waals surface area contributed by atoms with Gasteiger partial charge in [0.15, 0.2) is 56.9 Å². The van der Waals surface area contributed by atoms with Crippen molar-refractivity contribution < 1.29 is 69.6 Å². The molecular weight excluding hydrogens is 1270 g/mol. The summed E-state index contributed by atoms with van der Waals surface area (Å²) in [6, 6.07) is 9.85. The number of benzene rings is 2. The number of aromatic nitrogens is 4. The summed E-state index contributed by atoms with van der Waals surface area (Å²) in [5, 5.41) is 88.0. The number of unbranched alkanes of at least 4 members (excludes halogenated alkanes) is 14. The fraction of sp³-hybridized carbons (Fsp3) is 0.533. The maximum absolute atomic E-state index is 12.2. The van der Waals surface area contributed by atoms with Crippen molar-refractivity contribution in [1.82, 2.24) is 41.2 Å². The van der Waals surface area contributed by atoms with Crippen molar-refractivity contribution in [1.29, 1.82) is 0 Å². The van der Waals surface area contributed by atoms with E-state index in [0.717, 1.165) is 89.9 Å². The molecule has 0 radical (unpaired) electrons. The molecule has 0 spiro atoms. The van der Waals surface area contributed by atoms with Gasteiger partial charge in [-0.3, -0.25) is 39.8 Å². The molecule has 0 aliphatic heterocycles. The molecule has 2 aromatic carbocycles. The number of carboxylic acid groups (broad SMARTS) is 2. The summed E-state index contributed by atoms with van der Waals surface area (Å²) in [6.45, 7) is 8.36. The molecule has 94 heavy (non-hydrogen) atoms. The van der Waals surface area contributed by atoms with E-state index in [1.54, 1.807) is 24.3 Å². The van der Waals surface area contributed by atoms with Crippen LogP contribution in [0, 0.1) is 0 Å². The summed E-state index contributed by atoms with van der Waals surface area (Å²) in [5.41, 5.74) is 35.3. The molecule has 2 heterocycles. The average Bonchev–Trinajstić information content (AvgIpc) is 0.889. The maximum Gasteiger partial charge on any atom is 0.332 e. The zero-order valence-electron chi connectivity index (χ0n) is 53.6. The predicted molar refractivity (Wildman–Crippen MR) is 362 cm³/mol. The van der Waals surface area contributed by atoms with Crippen LogP contribution in [-0.2, 0) is 19.2 Å². The molecular formula is C60H96Cl2N18O14. The van der Waals surface area contributed by atoms with E-state index in [1.807, 2.05) is 0 Å². The van der Waals surface area contributed by atoms with E-state index >= 15 is 0 Å². The van der Waals surface area contributed by atoms with E-state index in [9.17, 15) is 49.2 Å². The average molecular weight is 1360 g/mol. The third-order valence-electron chi connectivity index (χ3n) is 13.7. The zero-order valence-corrected chi connectivity index (χ0v) is 55.1. The Balaban J connectivity index is 0.000000798. The van der Waals surface area contributed by atoms with Crippen LogP contribution < -0.4 is 66.3 Å².